The third-order valence-corrected chi connectivity index (χ3v) is 2.90. The van der Waals surface area contributed by atoms with Crippen LogP contribution in [-0.2, 0) is 17.9 Å². The van der Waals surface area contributed by atoms with Gasteiger partial charge in [0.1, 0.15) is 0 Å². The summed E-state index contributed by atoms with van der Waals surface area (Å²) in [5.74, 6) is 0. The number of methoxy groups -OCH3 is 1. The van der Waals surface area contributed by atoms with Crippen LogP contribution in [0.3, 0.4) is 0 Å². The van der Waals surface area contributed by atoms with E-state index >= 15 is 0 Å². The lowest BCUT2D eigenvalue weighted by Gasteiger charge is -2.10. The van der Waals surface area contributed by atoms with Gasteiger partial charge in [-0.3, -0.25) is 0 Å². The average Bonchev–Trinajstić information content (AvgIpc) is 2.81. The SMILES string of the molecule is COCc1ccccc1NCc1cscn1. The Morgan fingerprint density at radius 2 is 2.25 bits per heavy atom. The normalized spacial score (nSPS) is 10.3. The van der Waals surface area contributed by atoms with Crippen LogP contribution in [-0.4, -0.2) is 12.1 Å². The molecule has 1 aromatic carbocycles. The molecule has 3 nitrogen and oxygen atoms in total. The van der Waals surface area contributed by atoms with E-state index in [1.807, 2.05) is 23.0 Å². The maximum absolute atomic E-state index is 5.15. The van der Waals surface area contributed by atoms with E-state index < -0.39 is 0 Å². The summed E-state index contributed by atoms with van der Waals surface area (Å²) in [5, 5.41) is 5.41. The number of nitrogens with zero attached hydrogens (tertiary/aromatic N) is 1. The Morgan fingerprint density at radius 3 is 3.00 bits per heavy atom. The van der Waals surface area contributed by atoms with Crippen molar-refractivity contribution < 1.29 is 4.74 Å². The molecule has 0 radical (unpaired) electrons. The molecule has 0 atom stereocenters. The minimum Gasteiger partial charge on any atom is -0.380 e. The third kappa shape index (κ3) is 2.81. The summed E-state index contributed by atoms with van der Waals surface area (Å²) in [7, 11) is 1.71. The highest BCUT2D eigenvalue weighted by Gasteiger charge is 2.01. The highest BCUT2D eigenvalue weighted by molar-refractivity contribution is 7.07. The minimum atomic E-state index is 0.625. The first kappa shape index (κ1) is 11.1. The fourth-order valence-electron chi connectivity index (χ4n) is 1.48. The van der Waals surface area contributed by atoms with Gasteiger partial charge in [-0.15, -0.1) is 11.3 Å². The first-order valence-corrected chi connectivity index (χ1v) is 6.02. The second-order valence-corrected chi connectivity index (χ2v) is 4.14. The topological polar surface area (TPSA) is 34.1 Å². The van der Waals surface area contributed by atoms with E-state index in [1.54, 1.807) is 18.4 Å². The van der Waals surface area contributed by atoms with Crippen LogP contribution >= 0.6 is 11.3 Å². The minimum absolute atomic E-state index is 0.625. The Kier molecular flexibility index (Phi) is 3.91. The summed E-state index contributed by atoms with van der Waals surface area (Å²) in [5.41, 5.74) is 5.19. The Balaban J connectivity index is 2.03. The molecule has 0 bridgehead atoms. The zero-order chi connectivity index (χ0) is 11.2. The van der Waals surface area contributed by atoms with Crippen molar-refractivity contribution in [3.05, 3.63) is 46.4 Å². The second kappa shape index (κ2) is 5.63. The number of ether oxygens (including phenoxy) is 1. The summed E-state index contributed by atoms with van der Waals surface area (Å²) in [6.07, 6.45) is 0. The summed E-state index contributed by atoms with van der Waals surface area (Å²) >= 11 is 1.61. The van der Waals surface area contributed by atoms with Gasteiger partial charge in [0.2, 0.25) is 0 Å². The molecule has 0 saturated heterocycles. The number of hydrogen-bond donors (Lipinski definition) is 1. The standard InChI is InChI=1S/C12H14N2OS/c1-15-7-10-4-2-3-5-12(10)13-6-11-8-16-9-14-11/h2-5,8-9,13H,6-7H2,1H3. The van der Waals surface area contributed by atoms with Crippen LogP contribution in [0.1, 0.15) is 11.3 Å². The predicted molar refractivity (Wildman–Crippen MR) is 66.6 cm³/mol. The summed E-state index contributed by atoms with van der Waals surface area (Å²) in [6.45, 7) is 1.38. The number of anilines is 1. The number of nitrogens with one attached hydrogen (secondary N) is 1. The molecular formula is C12H14N2OS. The van der Waals surface area contributed by atoms with Gasteiger partial charge in [-0.25, -0.2) is 4.98 Å². The molecule has 1 N–H and O–H groups in total. The molecule has 0 unspecified atom stereocenters. The summed E-state index contributed by atoms with van der Waals surface area (Å²) in [4.78, 5) is 4.23. The Hall–Kier alpha value is -1.39. The molecule has 1 aromatic heterocycles. The fourth-order valence-corrected chi connectivity index (χ4v) is 2.04. The van der Waals surface area contributed by atoms with Gasteiger partial charge >= 0.3 is 0 Å². The zero-order valence-corrected chi connectivity index (χ0v) is 9.96. The maximum atomic E-state index is 5.15. The molecule has 0 aliphatic carbocycles. The second-order valence-electron chi connectivity index (χ2n) is 3.42. The molecule has 0 fully saturated rings. The van der Waals surface area contributed by atoms with Crippen LogP contribution < -0.4 is 5.32 Å². The van der Waals surface area contributed by atoms with Crippen LogP contribution in [0.2, 0.25) is 0 Å². The van der Waals surface area contributed by atoms with Crippen LogP contribution in [0.15, 0.2) is 35.2 Å². The Bertz CT molecular complexity index is 428. The smallest absolute Gasteiger partial charge is 0.0795 e. The molecule has 84 valence electrons. The molecule has 0 aliphatic heterocycles. The number of aromatic nitrogens is 1. The summed E-state index contributed by atoms with van der Waals surface area (Å²) < 4.78 is 5.15. The maximum Gasteiger partial charge on any atom is 0.0795 e. The van der Waals surface area contributed by atoms with Crippen molar-refractivity contribution in [1.29, 1.82) is 0 Å². The highest BCUT2D eigenvalue weighted by Crippen LogP contribution is 2.16. The molecule has 0 spiro atoms. The van der Waals surface area contributed by atoms with Gasteiger partial charge in [-0.2, -0.15) is 0 Å². The average molecular weight is 234 g/mol. The highest BCUT2D eigenvalue weighted by atomic mass is 32.1. The first-order valence-electron chi connectivity index (χ1n) is 5.08. The molecule has 2 aromatic rings. The molecule has 0 amide bonds. The fraction of sp³-hybridized carbons (Fsp3) is 0.250. The van der Waals surface area contributed by atoms with Gasteiger partial charge in [0, 0.05) is 23.7 Å². The van der Waals surface area contributed by atoms with E-state index in [2.05, 4.69) is 22.4 Å². The lowest BCUT2D eigenvalue weighted by atomic mass is 10.2. The lowest BCUT2D eigenvalue weighted by Crippen LogP contribution is -2.03. The number of thiazole rings is 1. The van der Waals surface area contributed by atoms with E-state index in [0.717, 1.165) is 17.9 Å². The van der Waals surface area contributed by atoms with E-state index in [-0.39, 0.29) is 0 Å². The third-order valence-electron chi connectivity index (χ3n) is 2.26. The van der Waals surface area contributed by atoms with Crippen molar-refractivity contribution in [3.8, 4) is 0 Å². The molecular weight excluding hydrogens is 220 g/mol. The van der Waals surface area contributed by atoms with Crippen molar-refractivity contribution in [3.63, 3.8) is 0 Å². The van der Waals surface area contributed by atoms with Crippen LogP contribution in [0.25, 0.3) is 0 Å². The largest absolute Gasteiger partial charge is 0.380 e. The Labute approximate surface area is 99.1 Å². The van der Waals surface area contributed by atoms with Gasteiger partial charge in [0.25, 0.3) is 0 Å². The number of para-hydroxylation sites is 1. The lowest BCUT2D eigenvalue weighted by molar-refractivity contribution is 0.185. The number of rotatable bonds is 5. The van der Waals surface area contributed by atoms with Gasteiger partial charge in [-0.1, -0.05) is 18.2 Å². The molecule has 0 aliphatic rings. The number of benzene rings is 1. The quantitative estimate of drug-likeness (QED) is 0.863. The molecule has 2 rings (SSSR count). The summed E-state index contributed by atoms with van der Waals surface area (Å²) in [6, 6.07) is 8.15. The van der Waals surface area contributed by atoms with E-state index in [4.69, 9.17) is 4.74 Å². The van der Waals surface area contributed by atoms with E-state index in [1.165, 1.54) is 5.56 Å². The Morgan fingerprint density at radius 1 is 1.38 bits per heavy atom. The molecule has 1 heterocycles. The van der Waals surface area contributed by atoms with Crippen molar-refractivity contribution >= 4 is 17.0 Å². The van der Waals surface area contributed by atoms with Crippen LogP contribution in [0.4, 0.5) is 5.69 Å². The first-order chi connectivity index (χ1) is 7.90. The van der Waals surface area contributed by atoms with Crippen molar-refractivity contribution in [2.45, 2.75) is 13.2 Å². The zero-order valence-electron chi connectivity index (χ0n) is 9.14. The predicted octanol–water partition coefficient (Wildman–Crippen LogP) is 2.90. The van der Waals surface area contributed by atoms with Crippen LogP contribution in [0.5, 0.6) is 0 Å². The molecule has 0 saturated carbocycles. The molecule has 4 heteroatoms. The molecule has 16 heavy (non-hydrogen) atoms. The van der Waals surface area contributed by atoms with Gasteiger partial charge in [0.05, 0.1) is 24.4 Å². The van der Waals surface area contributed by atoms with Gasteiger partial charge in [0.15, 0.2) is 0 Å². The van der Waals surface area contributed by atoms with Crippen molar-refractivity contribution in [2.75, 3.05) is 12.4 Å². The van der Waals surface area contributed by atoms with Gasteiger partial charge < -0.3 is 10.1 Å². The van der Waals surface area contributed by atoms with Crippen LogP contribution in [0, 0.1) is 0 Å². The van der Waals surface area contributed by atoms with E-state index in [0.29, 0.717) is 6.61 Å². The monoisotopic (exact) mass is 234 g/mol. The van der Waals surface area contributed by atoms with Gasteiger partial charge in [-0.05, 0) is 6.07 Å². The van der Waals surface area contributed by atoms with Crippen molar-refractivity contribution in [1.82, 2.24) is 4.98 Å². The van der Waals surface area contributed by atoms with E-state index in [9.17, 15) is 0 Å². The number of hydrogen-bond acceptors (Lipinski definition) is 4. The van der Waals surface area contributed by atoms with Crippen molar-refractivity contribution in [2.24, 2.45) is 0 Å².